The summed E-state index contributed by atoms with van der Waals surface area (Å²) in [6.07, 6.45) is 9.91. The number of nitrogens with zero attached hydrogens (tertiary/aromatic N) is 2. The second-order valence-corrected chi connectivity index (χ2v) is 6.72. The first-order valence-electron chi connectivity index (χ1n) is 9.74. The van der Waals surface area contributed by atoms with Gasteiger partial charge < -0.3 is 10.6 Å². The van der Waals surface area contributed by atoms with Crippen molar-refractivity contribution in [1.29, 1.82) is 0 Å². The number of carbonyl (C=O) groups is 1. The van der Waals surface area contributed by atoms with Crippen molar-refractivity contribution in [2.24, 2.45) is 0 Å². The fourth-order valence-electron chi connectivity index (χ4n) is 2.95. The summed E-state index contributed by atoms with van der Waals surface area (Å²) in [5, 5.41) is 6.20. The first kappa shape index (κ1) is 19.5. The lowest BCUT2D eigenvalue weighted by Gasteiger charge is -2.11. The lowest BCUT2D eigenvalue weighted by molar-refractivity contribution is 0.102. The van der Waals surface area contributed by atoms with Crippen LogP contribution in [0, 0.1) is 0 Å². The van der Waals surface area contributed by atoms with Crippen molar-refractivity contribution in [3.63, 3.8) is 0 Å². The van der Waals surface area contributed by atoms with Gasteiger partial charge in [0.05, 0.1) is 5.56 Å². The predicted octanol–water partition coefficient (Wildman–Crippen LogP) is 5.07. The molecule has 2 aromatic heterocycles. The number of benzene rings is 1. The minimum absolute atomic E-state index is 0.177. The maximum absolute atomic E-state index is 12.7. The van der Waals surface area contributed by atoms with Gasteiger partial charge in [0.15, 0.2) is 0 Å². The van der Waals surface area contributed by atoms with Gasteiger partial charge in [-0.05, 0) is 60.4 Å². The number of aromatic nitrogens is 2. The van der Waals surface area contributed by atoms with E-state index in [0.29, 0.717) is 17.9 Å². The highest BCUT2D eigenvalue weighted by atomic mass is 16.1. The van der Waals surface area contributed by atoms with Crippen molar-refractivity contribution in [2.45, 2.75) is 39.2 Å². The number of hydrogen-bond donors (Lipinski definition) is 2. The van der Waals surface area contributed by atoms with Crippen LogP contribution in [0.2, 0.25) is 0 Å². The fraction of sp³-hybridized carbons (Fsp3) is 0.261. The Balaban J connectivity index is 1.62. The number of nitrogens with one attached hydrogen (secondary N) is 2. The van der Waals surface area contributed by atoms with Crippen LogP contribution in [0.3, 0.4) is 0 Å². The van der Waals surface area contributed by atoms with Crippen molar-refractivity contribution in [1.82, 2.24) is 9.97 Å². The lowest BCUT2D eigenvalue weighted by Crippen LogP contribution is -2.15. The molecule has 0 aliphatic heterocycles. The maximum Gasteiger partial charge on any atom is 0.259 e. The lowest BCUT2D eigenvalue weighted by atomic mass is 10.1. The molecule has 0 bridgehead atoms. The number of amides is 1. The van der Waals surface area contributed by atoms with Crippen molar-refractivity contribution >= 4 is 17.4 Å². The quantitative estimate of drug-likeness (QED) is 0.513. The van der Waals surface area contributed by atoms with E-state index in [1.807, 2.05) is 24.3 Å². The summed E-state index contributed by atoms with van der Waals surface area (Å²) in [5.74, 6) is 0.386. The summed E-state index contributed by atoms with van der Waals surface area (Å²) >= 11 is 0. The molecule has 1 aromatic carbocycles. The van der Waals surface area contributed by atoms with Crippen LogP contribution in [0.1, 0.15) is 47.7 Å². The van der Waals surface area contributed by atoms with E-state index in [-0.39, 0.29) is 5.91 Å². The molecule has 0 saturated heterocycles. The van der Waals surface area contributed by atoms with Crippen LogP contribution < -0.4 is 10.6 Å². The van der Waals surface area contributed by atoms with E-state index >= 15 is 0 Å². The van der Waals surface area contributed by atoms with Gasteiger partial charge in [0, 0.05) is 30.8 Å². The molecular weight excluding hydrogens is 348 g/mol. The van der Waals surface area contributed by atoms with Gasteiger partial charge in [-0.3, -0.25) is 9.78 Å². The van der Waals surface area contributed by atoms with E-state index in [0.717, 1.165) is 17.7 Å². The van der Waals surface area contributed by atoms with Gasteiger partial charge in [-0.2, -0.15) is 0 Å². The molecule has 0 radical (unpaired) electrons. The number of aryl methyl sites for hydroxylation is 1. The summed E-state index contributed by atoms with van der Waals surface area (Å²) in [6.45, 7) is 2.78. The van der Waals surface area contributed by atoms with E-state index < -0.39 is 0 Å². The normalized spacial score (nSPS) is 10.5. The number of hydrogen-bond acceptors (Lipinski definition) is 4. The van der Waals surface area contributed by atoms with Crippen LogP contribution in [0.15, 0.2) is 67.1 Å². The zero-order valence-electron chi connectivity index (χ0n) is 16.2. The zero-order chi connectivity index (χ0) is 19.6. The average Bonchev–Trinajstić information content (AvgIpc) is 2.74. The van der Waals surface area contributed by atoms with Crippen LogP contribution in [0.25, 0.3) is 0 Å². The summed E-state index contributed by atoms with van der Waals surface area (Å²) in [6, 6.07) is 15.5. The second-order valence-electron chi connectivity index (χ2n) is 6.72. The molecule has 144 valence electrons. The molecule has 2 N–H and O–H groups in total. The van der Waals surface area contributed by atoms with Crippen LogP contribution in [-0.4, -0.2) is 15.9 Å². The number of pyridine rings is 2. The number of anilines is 2. The van der Waals surface area contributed by atoms with Crippen molar-refractivity contribution in [2.75, 3.05) is 10.6 Å². The van der Waals surface area contributed by atoms with E-state index in [1.165, 1.54) is 24.8 Å². The van der Waals surface area contributed by atoms with Crippen LogP contribution in [0.5, 0.6) is 0 Å². The molecular formula is C23H26N4O. The smallest absolute Gasteiger partial charge is 0.259 e. The summed E-state index contributed by atoms with van der Waals surface area (Å²) in [4.78, 5) is 21.1. The van der Waals surface area contributed by atoms with E-state index in [9.17, 15) is 4.79 Å². The molecule has 5 nitrogen and oxygen atoms in total. The molecule has 28 heavy (non-hydrogen) atoms. The monoisotopic (exact) mass is 374 g/mol. The van der Waals surface area contributed by atoms with E-state index in [2.05, 4.69) is 39.7 Å². The van der Waals surface area contributed by atoms with Crippen LogP contribution >= 0.6 is 0 Å². The van der Waals surface area contributed by atoms with Gasteiger partial charge in [-0.15, -0.1) is 0 Å². The number of carbonyl (C=O) groups excluding carboxylic acids is 1. The summed E-state index contributed by atoms with van der Waals surface area (Å²) in [5.41, 5.74) is 3.68. The highest BCUT2D eigenvalue weighted by Crippen LogP contribution is 2.17. The average molecular weight is 374 g/mol. The highest BCUT2D eigenvalue weighted by Gasteiger charge is 2.12. The van der Waals surface area contributed by atoms with Gasteiger partial charge in [-0.1, -0.05) is 31.9 Å². The molecule has 3 aromatic rings. The summed E-state index contributed by atoms with van der Waals surface area (Å²) in [7, 11) is 0. The molecule has 5 heteroatoms. The molecule has 1 amide bonds. The van der Waals surface area contributed by atoms with Gasteiger partial charge in [0.2, 0.25) is 0 Å². The van der Waals surface area contributed by atoms with Crippen LogP contribution in [-0.2, 0) is 13.0 Å². The number of unbranched alkanes of at least 4 members (excludes halogenated alkanes) is 2. The molecule has 0 aliphatic carbocycles. The minimum Gasteiger partial charge on any atom is -0.365 e. The fourth-order valence-corrected chi connectivity index (χ4v) is 2.95. The Morgan fingerprint density at radius 1 is 0.929 bits per heavy atom. The van der Waals surface area contributed by atoms with E-state index in [4.69, 9.17) is 0 Å². The molecule has 3 rings (SSSR count). The Bertz CT molecular complexity index is 879. The Morgan fingerprint density at radius 2 is 1.71 bits per heavy atom. The van der Waals surface area contributed by atoms with E-state index in [1.54, 1.807) is 30.7 Å². The second kappa shape index (κ2) is 10.2. The van der Waals surface area contributed by atoms with Gasteiger partial charge in [0.25, 0.3) is 5.91 Å². The maximum atomic E-state index is 12.7. The Morgan fingerprint density at radius 3 is 2.46 bits per heavy atom. The minimum atomic E-state index is -0.177. The standard InChI is InChI=1S/C23H26N4O/c1-2-3-4-6-18-8-10-20(11-9-18)27-23(28)21-7-5-14-25-22(21)26-17-19-12-15-24-16-13-19/h5,7-16H,2-4,6,17H2,1H3,(H,25,26)(H,27,28). The SMILES string of the molecule is CCCCCc1ccc(NC(=O)c2cccnc2NCc2ccncc2)cc1. The topological polar surface area (TPSA) is 66.9 Å². The summed E-state index contributed by atoms with van der Waals surface area (Å²) < 4.78 is 0. The third-order valence-electron chi connectivity index (χ3n) is 4.54. The molecule has 0 fully saturated rings. The van der Waals surface area contributed by atoms with Gasteiger partial charge in [-0.25, -0.2) is 4.98 Å². The molecule has 0 atom stereocenters. The molecule has 2 heterocycles. The largest absolute Gasteiger partial charge is 0.365 e. The third kappa shape index (κ3) is 5.64. The first-order chi connectivity index (χ1) is 13.8. The Hall–Kier alpha value is -3.21. The number of rotatable bonds is 9. The molecule has 0 unspecified atom stereocenters. The molecule has 0 saturated carbocycles. The highest BCUT2D eigenvalue weighted by molar-refractivity contribution is 6.07. The first-order valence-corrected chi connectivity index (χ1v) is 9.74. The zero-order valence-corrected chi connectivity index (χ0v) is 16.2. The van der Waals surface area contributed by atoms with Gasteiger partial charge in [0.1, 0.15) is 5.82 Å². The molecule has 0 aliphatic rings. The Labute approximate surface area is 166 Å². The van der Waals surface area contributed by atoms with Crippen molar-refractivity contribution in [3.8, 4) is 0 Å². The van der Waals surface area contributed by atoms with Gasteiger partial charge >= 0.3 is 0 Å². The van der Waals surface area contributed by atoms with Crippen molar-refractivity contribution in [3.05, 3.63) is 83.8 Å². The van der Waals surface area contributed by atoms with Crippen molar-refractivity contribution < 1.29 is 4.79 Å². The van der Waals surface area contributed by atoms with Crippen LogP contribution in [0.4, 0.5) is 11.5 Å². The third-order valence-corrected chi connectivity index (χ3v) is 4.54. The predicted molar refractivity (Wildman–Crippen MR) is 113 cm³/mol. The molecule has 0 spiro atoms. The Kier molecular flexibility index (Phi) is 7.13.